The average Bonchev–Trinajstić information content (AvgIpc) is 3.00. The van der Waals surface area contributed by atoms with Gasteiger partial charge in [0, 0.05) is 22.7 Å². The molecule has 0 aromatic heterocycles. The summed E-state index contributed by atoms with van der Waals surface area (Å²) in [5.74, 6) is -0.821. The Bertz CT molecular complexity index is 1430. The lowest BCUT2D eigenvalue weighted by Gasteiger charge is -2.10. The second-order valence-corrected chi connectivity index (χ2v) is 9.32. The first kappa shape index (κ1) is 30.3. The van der Waals surface area contributed by atoms with Crippen molar-refractivity contribution in [2.24, 2.45) is 0 Å². The van der Waals surface area contributed by atoms with E-state index in [0.717, 1.165) is 11.1 Å². The molecular formula is C33H32N4O6. The van der Waals surface area contributed by atoms with Crippen molar-refractivity contribution in [1.82, 2.24) is 0 Å². The molecule has 0 aliphatic carbocycles. The highest BCUT2D eigenvalue weighted by atomic mass is 16.5. The van der Waals surface area contributed by atoms with Crippen molar-refractivity contribution in [3.05, 3.63) is 119 Å². The Hall–Kier alpha value is -5.64. The van der Waals surface area contributed by atoms with Crippen molar-refractivity contribution in [3.63, 3.8) is 0 Å². The fraction of sp³-hybridized carbons (Fsp3) is 0.152. The molecule has 43 heavy (non-hydrogen) atoms. The summed E-state index contributed by atoms with van der Waals surface area (Å²) in [7, 11) is 0. The lowest BCUT2D eigenvalue weighted by Crippen LogP contribution is -2.19. The van der Waals surface area contributed by atoms with E-state index in [9.17, 15) is 19.2 Å². The third kappa shape index (κ3) is 9.19. The molecule has 0 bridgehead atoms. The van der Waals surface area contributed by atoms with Crippen LogP contribution in [0.2, 0.25) is 0 Å². The van der Waals surface area contributed by atoms with Crippen LogP contribution in [0.3, 0.4) is 0 Å². The van der Waals surface area contributed by atoms with Crippen molar-refractivity contribution in [1.29, 1.82) is 0 Å². The zero-order valence-electron chi connectivity index (χ0n) is 23.8. The van der Waals surface area contributed by atoms with E-state index in [0.29, 0.717) is 53.5 Å². The Morgan fingerprint density at radius 1 is 0.465 bits per heavy atom. The fourth-order valence-corrected chi connectivity index (χ4v) is 4.04. The molecule has 4 aromatic carbocycles. The Balaban J connectivity index is 1.23. The summed E-state index contributed by atoms with van der Waals surface area (Å²) in [5.41, 5.74) is 5.27. The molecule has 0 heterocycles. The second kappa shape index (κ2) is 14.8. The Morgan fingerprint density at radius 3 is 1.02 bits per heavy atom. The van der Waals surface area contributed by atoms with Crippen LogP contribution in [0.4, 0.5) is 32.3 Å². The van der Waals surface area contributed by atoms with E-state index in [1.165, 1.54) is 0 Å². The average molecular weight is 581 g/mol. The topological polar surface area (TPSA) is 135 Å². The SMILES string of the molecule is CCOC(=O)c1ccc(NC(=O)Nc2ccc(Cc3ccc(NC(=O)Nc4ccc(C(=O)OCC)cc4)cc3)cc2)cc1. The molecule has 0 aliphatic heterocycles. The molecule has 4 amide bonds. The van der Waals surface area contributed by atoms with Crippen LogP contribution in [0.15, 0.2) is 97.1 Å². The number of rotatable bonds is 10. The van der Waals surface area contributed by atoms with Gasteiger partial charge in [0.15, 0.2) is 0 Å². The van der Waals surface area contributed by atoms with Crippen LogP contribution in [-0.4, -0.2) is 37.2 Å². The maximum Gasteiger partial charge on any atom is 0.338 e. The molecule has 4 aromatic rings. The van der Waals surface area contributed by atoms with Crippen molar-refractivity contribution < 1.29 is 28.7 Å². The summed E-state index contributed by atoms with van der Waals surface area (Å²) in [6.45, 7) is 4.07. The third-order valence-electron chi connectivity index (χ3n) is 6.14. The fourth-order valence-electron chi connectivity index (χ4n) is 4.04. The number of carbonyl (C=O) groups is 4. The van der Waals surface area contributed by atoms with Crippen molar-refractivity contribution in [2.45, 2.75) is 20.3 Å². The van der Waals surface area contributed by atoms with E-state index in [1.54, 1.807) is 62.4 Å². The summed E-state index contributed by atoms with van der Waals surface area (Å²) < 4.78 is 9.92. The summed E-state index contributed by atoms with van der Waals surface area (Å²) >= 11 is 0. The summed E-state index contributed by atoms with van der Waals surface area (Å²) in [6, 6.07) is 27.1. The number of benzene rings is 4. The zero-order chi connectivity index (χ0) is 30.6. The third-order valence-corrected chi connectivity index (χ3v) is 6.14. The summed E-state index contributed by atoms with van der Waals surface area (Å²) in [5, 5.41) is 11.0. The van der Waals surface area contributed by atoms with E-state index in [1.807, 2.05) is 48.5 Å². The van der Waals surface area contributed by atoms with Crippen molar-refractivity contribution >= 4 is 46.8 Å². The van der Waals surface area contributed by atoms with E-state index in [2.05, 4.69) is 21.3 Å². The summed E-state index contributed by atoms with van der Waals surface area (Å²) in [4.78, 5) is 48.3. The van der Waals surface area contributed by atoms with E-state index >= 15 is 0 Å². The van der Waals surface area contributed by atoms with Crippen LogP contribution in [0.5, 0.6) is 0 Å². The van der Waals surface area contributed by atoms with Crippen LogP contribution in [0.1, 0.15) is 45.7 Å². The molecule has 4 N–H and O–H groups in total. The van der Waals surface area contributed by atoms with E-state index < -0.39 is 24.0 Å². The Kier molecular flexibility index (Phi) is 10.5. The molecular weight excluding hydrogens is 548 g/mol. The molecule has 0 atom stereocenters. The minimum Gasteiger partial charge on any atom is -0.462 e. The number of ether oxygens (including phenoxy) is 2. The van der Waals surface area contributed by atoms with Gasteiger partial charge in [-0.15, -0.1) is 0 Å². The highest BCUT2D eigenvalue weighted by Crippen LogP contribution is 2.18. The van der Waals surface area contributed by atoms with Crippen LogP contribution < -0.4 is 21.3 Å². The number of anilines is 4. The number of hydrogen-bond acceptors (Lipinski definition) is 6. The predicted octanol–water partition coefficient (Wildman–Crippen LogP) is 6.92. The van der Waals surface area contributed by atoms with Crippen molar-refractivity contribution in [2.75, 3.05) is 34.5 Å². The number of esters is 2. The first-order valence-electron chi connectivity index (χ1n) is 13.7. The van der Waals surface area contributed by atoms with Gasteiger partial charge in [-0.1, -0.05) is 24.3 Å². The predicted molar refractivity (Wildman–Crippen MR) is 166 cm³/mol. The standard InChI is InChI=1S/C33H32N4O6/c1-3-42-30(38)24-9-17-28(18-10-24)36-32(40)34-26-13-5-22(6-14-26)21-23-7-15-27(16-8-23)35-33(41)37-29-19-11-25(12-20-29)31(39)43-4-2/h5-20H,3-4,21H2,1-2H3,(H2,34,36,40)(H2,35,37,41). The van der Waals surface area contributed by atoms with Crippen LogP contribution >= 0.6 is 0 Å². The molecule has 10 heteroatoms. The van der Waals surface area contributed by atoms with Gasteiger partial charge in [-0.2, -0.15) is 0 Å². The Labute approximate surface area is 249 Å². The zero-order valence-corrected chi connectivity index (χ0v) is 23.8. The number of amides is 4. The van der Waals surface area contributed by atoms with Crippen LogP contribution in [0.25, 0.3) is 0 Å². The van der Waals surface area contributed by atoms with Gasteiger partial charge in [-0.3, -0.25) is 0 Å². The van der Waals surface area contributed by atoms with Gasteiger partial charge in [0.1, 0.15) is 0 Å². The Morgan fingerprint density at radius 2 is 0.744 bits per heavy atom. The normalized spacial score (nSPS) is 10.3. The number of urea groups is 2. The summed E-state index contributed by atoms with van der Waals surface area (Å²) in [6.07, 6.45) is 0.665. The monoisotopic (exact) mass is 580 g/mol. The lowest BCUT2D eigenvalue weighted by atomic mass is 10.0. The first-order valence-corrected chi connectivity index (χ1v) is 13.7. The number of carbonyl (C=O) groups excluding carboxylic acids is 4. The van der Waals surface area contributed by atoms with Gasteiger partial charge >= 0.3 is 24.0 Å². The molecule has 0 unspecified atom stereocenters. The van der Waals surface area contributed by atoms with Crippen LogP contribution in [0, 0.1) is 0 Å². The van der Waals surface area contributed by atoms with Gasteiger partial charge in [0.2, 0.25) is 0 Å². The molecule has 4 rings (SSSR count). The molecule has 0 aliphatic rings. The highest BCUT2D eigenvalue weighted by Gasteiger charge is 2.09. The number of nitrogens with one attached hydrogen (secondary N) is 4. The second-order valence-electron chi connectivity index (χ2n) is 9.32. The van der Waals surface area contributed by atoms with Crippen LogP contribution in [-0.2, 0) is 15.9 Å². The van der Waals surface area contributed by atoms with E-state index in [-0.39, 0.29) is 0 Å². The molecule has 10 nitrogen and oxygen atoms in total. The lowest BCUT2D eigenvalue weighted by molar-refractivity contribution is 0.0517. The van der Waals surface area contributed by atoms with Gasteiger partial charge in [0.05, 0.1) is 24.3 Å². The molecule has 0 radical (unpaired) electrons. The van der Waals surface area contributed by atoms with Crippen molar-refractivity contribution in [3.8, 4) is 0 Å². The maximum atomic E-state index is 12.4. The van der Waals surface area contributed by atoms with Gasteiger partial charge in [0.25, 0.3) is 0 Å². The first-order chi connectivity index (χ1) is 20.8. The molecule has 0 fully saturated rings. The van der Waals surface area contributed by atoms with Gasteiger partial charge in [-0.25, -0.2) is 19.2 Å². The minimum absolute atomic E-state index is 0.295. The molecule has 0 saturated heterocycles. The maximum absolute atomic E-state index is 12.4. The highest BCUT2D eigenvalue weighted by molar-refractivity contribution is 6.01. The largest absolute Gasteiger partial charge is 0.462 e. The molecule has 0 spiro atoms. The van der Waals surface area contributed by atoms with E-state index in [4.69, 9.17) is 9.47 Å². The molecule has 0 saturated carbocycles. The van der Waals surface area contributed by atoms with Gasteiger partial charge < -0.3 is 30.7 Å². The molecule has 220 valence electrons. The smallest absolute Gasteiger partial charge is 0.338 e. The quantitative estimate of drug-likeness (QED) is 0.150. The minimum atomic E-state index is -0.411. The van der Waals surface area contributed by atoms with Gasteiger partial charge in [-0.05, 0) is 104 Å². The number of hydrogen-bond donors (Lipinski definition) is 4.